The molecule has 0 bridgehead atoms. The topological polar surface area (TPSA) is 92.6 Å². The maximum Gasteiger partial charge on any atom is 0.252 e. The maximum absolute atomic E-state index is 11.9. The molecular weight excluding hydrogens is 278 g/mol. The molecular formula is C17H19N3O2. The minimum Gasteiger partial charge on any atom is -0.376 e. The highest BCUT2D eigenvalue weighted by Crippen LogP contribution is 2.41. The summed E-state index contributed by atoms with van der Waals surface area (Å²) in [6.45, 7) is 3.14. The molecule has 1 aliphatic rings. The zero-order valence-corrected chi connectivity index (χ0v) is 12.2. The number of hydrazine groups is 1. The average Bonchev–Trinajstić information content (AvgIpc) is 2.96. The molecule has 2 aromatic rings. The van der Waals surface area contributed by atoms with E-state index in [1.54, 1.807) is 0 Å². The van der Waals surface area contributed by atoms with Crippen LogP contribution in [0.4, 0.5) is 5.69 Å². The third kappa shape index (κ3) is 2.65. The van der Waals surface area contributed by atoms with Gasteiger partial charge in [-0.05, 0) is 34.4 Å². The van der Waals surface area contributed by atoms with E-state index in [4.69, 9.17) is 0 Å². The fraction of sp³-hybridized carbons (Fsp3) is 0.118. The van der Waals surface area contributed by atoms with Gasteiger partial charge in [-0.1, -0.05) is 43.0 Å². The van der Waals surface area contributed by atoms with Gasteiger partial charge >= 0.3 is 0 Å². The summed E-state index contributed by atoms with van der Waals surface area (Å²) in [5.41, 5.74) is 5.42. The lowest BCUT2D eigenvalue weighted by Crippen LogP contribution is -2.30. The Morgan fingerprint density at radius 3 is 2.55 bits per heavy atom. The van der Waals surface area contributed by atoms with E-state index in [2.05, 4.69) is 36.5 Å². The lowest BCUT2D eigenvalue weighted by molar-refractivity contribution is -0.114. The van der Waals surface area contributed by atoms with Crippen LogP contribution in [-0.2, 0) is 11.2 Å². The Labute approximate surface area is 129 Å². The Morgan fingerprint density at radius 1 is 1.18 bits per heavy atom. The summed E-state index contributed by atoms with van der Waals surface area (Å²) >= 11 is 0. The Balaban J connectivity index is 0.000000847. The molecule has 0 heterocycles. The van der Waals surface area contributed by atoms with E-state index in [1.165, 1.54) is 22.1 Å². The minimum atomic E-state index is -0.350. The van der Waals surface area contributed by atoms with Crippen molar-refractivity contribution in [1.29, 1.82) is 0 Å². The lowest BCUT2D eigenvalue weighted by Gasteiger charge is -2.21. The molecule has 0 saturated carbocycles. The average molecular weight is 297 g/mol. The zero-order valence-electron chi connectivity index (χ0n) is 12.2. The maximum atomic E-state index is 11.9. The van der Waals surface area contributed by atoms with Crippen molar-refractivity contribution in [3.05, 3.63) is 66.2 Å². The summed E-state index contributed by atoms with van der Waals surface area (Å²) in [5, 5.41) is 9.49. The molecule has 5 N–H and O–H groups in total. The number of carbonyl (C=O) groups is 1. The molecule has 114 valence electrons. The molecule has 0 aliphatic heterocycles. The number of aliphatic hydroxyl groups is 1. The zero-order chi connectivity index (χ0) is 16.1. The van der Waals surface area contributed by atoms with Crippen LogP contribution in [0.1, 0.15) is 11.1 Å². The molecule has 0 fully saturated rings. The lowest BCUT2D eigenvalue weighted by atomic mass is 10.0. The van der Waals surface area contributed by atoms with E-state index in [9.17, 15) is 9.90 Å². The van der Waals surface area contributed by atoms with Crippen molar-refractivity contribution in [2.24, 2.45) is 11.7 Å². The van der Waals surface area contributed by atoms with Crippen LogP contribution in [-0.4, -0.2) is 17.7 Å². The first-order chi connectivity index (χ1) is 10.8. The van der Waals surface area contributed by atoms with Crippen LogP contribution in [0.3, 0.4) is 0 Å². The van der Waals surface area contributed by atoms with Crippen LogP contribution in [0.2, 0.25) is 0 Å². The highest BCUT2D eigenvalue weighted by atomic mass is 16.3. The summed E-state index contributed by atoms with van der Waals surface area (Å²) < 4.78 is 0. The van der Waals surface area contributed by atoms with E-state index < -0.39 is 0 Å². The van der Waals surface area contributed by atoms with Crippen molar-refractivity contribution < 1.29 is 9.90 Å². The summed E-state index contributed by atoms with van der Waals surface area (Å²) in [7, 11) is 0. The van der Waals surface area contributed by atoms with Gasteiger partial charge in [-0.3, -0.25) is 21.4 Å². The number of rotatable bonds is 3. The van der Waals surface area contributed by atoms with Gasteiger partial charge in [-0.2, -0.15) is 0 Å². The second kappa shape index (κ2) is 7.00. The largest absolute Gasteiger partial charge is 0.376 e. The molecule has 0 spiro atoms. The van der Waals surface area contributed by atoms with Gasteiger partial charge in [-0.15, -0.1) is 0 Å². The first-order valence-corrected chi connectivity index (χ1v) is 6.84. The Morgan fingerprint density at radius 2 is 1.86 bits per heavy atom. The van der Waals surface area contributed by atoms with Gasteiger partial charge in [0.15, 0.2) is 0 Å². The van der Waals surface area contributed by atoms with Crippen molar-refractivity contribution in [3.8, 4) is 11.1 Å². The van der Waals surface area contributed by atoms with E-state index in [0.717, 1.165) is 23.2 Å². The second-order valence-electron chi connectivity index (χ2n) is 4.75. The molecule has 1 aliphatic carbocycles. The number of hydrogen-bond acceptors (Lipinski definition) is 4. The first-order valence-electron chi connectivity index (χ1n) is 6.84. The monoisotopic (exact) mass is 297 g/mol. The third-order valence-corrected chi connectivity index (χ3v) is 3.70. The van der Waals surface area contributed by atoms with Crippen LogP contribution in [0.25, 0.3) is 11.1 Å². The van der Waals surface area contributed by atoms with Gasteiger partial charge in [-0.25, -0.2) is 0 Å². The number of hydrogen-bond donors (Lipinski definition) is 3. The molecule has 2 aromatic carbocycles. The standard InChI is InChI=1S/C17H15NO2.H4N2/c1-2-17(20)18(11-19)16-9-5-8-14-13-7-4-3-6-12(13)10-15(14)16;1-2/h2-9,19H,1,10-11H2;1-2H2. The van der Waals surface area contributed by atoms with Crippen molar-refractivity contribution in [2.45, 2.75) is 6.42 Å². The molecule has 5 nitrogen and oxygen atoms in total. The Hall–Kier alpha value is -2.47. The number of carbonyl (C=O) groups excluding carboxylic acids is 1. The van der Waals surface area contributed by atoms with Gasteiger partial charge in [0.05, 0.1) is 5.69 Å². The Bertz CT molecular complexity index is 698. The SMILES string of the molecule is C=CC(=O)N(CO)c1cccc2c1Cc1ccccc1-2.NN. The number of aliphatic hydroxyl groups excluding tert-OH is 1. The van der Waals surface area contributed by atoms with E-state index >= 15 is 0 Å². The summed E-state index contributed by atoms with van der Waals surface area (Å²) in [6, 6.07) is 14.0. The molecule has 0 saturated heterocycles. The van der Waals surface area contributed by atoms with Gasteiger partial charge in [0.1, 0.15) is 6.73 Å². The fourth-order valence-electron chi connectivity index (χ4n) is 2.77. The first kappa shape index (κ1) is 15.9. The van der Waals surface area contributed by atoms with E-state index in [0.29, 0.717) is 0 Å². The highest BCUT2D eigenvalue weighted by molar-refractivity contribution is 6.02. The summed E-state index contributed by atoms with van der Waals surface area (Å²) in [4.78, 5) is 13.2. The summed E-state index contributed by atoms with van der Waals surface area (Å²) in [6.07, 6.45) is 2.00. The van der Waals surface area contributed by atoms with Crippen LogP contribution >= 0.6 is 0 Å². The number of benzene rings is 2. The van der Waals surface area contributed by atoms with Crippen molar-refractivity contribution >= 4 is 11.6 Å². The molecule has 1 amide bonds. The third-order valence-electron chi connectivity index (χ3n) is 3.70. The van der Waals surface area contributed by atoms with E-state index in [-0.39, 0.29) is 12.6 Å². The number of amides is 1. The number of anilines is 1. The minimum absolute atomic E-state index is 0.295. The van der Waals surface area contributed by atoms with Crippen molar-refractivity contribution in [1.82, 2.24) is 0 Å². The molecule has 22 heavy (non-hydrogen) atoms. The van der Waals surface area contributed by atoms with Crippen LogP contribution in [0, 0.1) is 0 Å². The summed E-state index contributed by atoms with van der Waals surface area (Å²) in [5.74, 6) is 7.71. The number of fused-ring (bicyclic) bond motifs is 3. The predicted octanol–water partition coefficient (Wildman–Crippen LogP) is 1.55. The van der Waals surface area contributed by atoms with Crippen molar-refractivity contribution in [2.75, 3.05) is 11.6 Å². The highest BCUT2D eigenvalue weighted by Gasteiger charge is 2.24. The number of nitrogens with two attached hydrogens (primary N) is 2. The molecule has 0 atom stereocenters. The van der Waals surface area contributed by atoms with Gasteiger partial charge in [0, 0.05) is 6.42 Å². The predicted molar refractivity (Wildman–Crippen MR) is 87.8 cm³/mol. The molecule has 5 heteroatoms. The molecule has 3 rings (SSSR count). The normalized spacial score (nSPS) is 10.9. The second-order valence-corrected chi connectivity index (χ2v) is 4.75. The molecule has 0 aromatic heterocycles. The fourth-order valence-corrected chi connectivity index (χ4v) is 2.77. The molecule has 0 radical (unpaired) electrons. The van der Waals surface area contributed by atoms with Crippen molar-refractivity contribution in [3.63, 3.8) is 0 Å². The van der Waals surface area contributed by atoms with Gasteiger partial charge in [0.25, 0.3) is 5.91 Å². The van der Waals surface area contributed by atoms with Crippen LogP contribution in [0.5, 0.6) is 0 Å². The number of nitrogens with zero attached hydrogens (tertiary/aromatic N) is 1. The smallest absolute Gasteiger partial charge is 0.252 e. The molecule has 0 unspecified atom stereocenters. The van der Waals surface area contributed by atoms with Gasteiger partial charge < -0.3 is 5.11 Å². The van der Waals surface area contributed by atoms with Crippen LogP contribution < -0.4 is 16.6 Å². The van der Waals surface area contributed by atoms with Crippen LogP contribution in [0.15, 0.2) is 55.1 Å². The quantitative estimate of drug-likeness (QED) is 0.296. The van der Waals surface area contributed by atoms with E-state index in [1.807, 2.05) is 24.3 Å². The Kier molecular flexibility index (Phi) is 5.06. The van der Waals surface area contributed by atoms with Gasteiger partial charge in [0.2, 0.25) is 0 Å².